The second-order valence-corrected chi connectivity index (χ2v) is 9.04. The number of pyridine rings is 2. The highest BCUT2D eigenvalue weighted by molar-refractivity contribution is 6.06. The second kappa shape index (κ2) is 8.92. The van der Waals surface area contributed by atoms with Crippen LogP contribution >= 0.6 is 0 Å². The minimum atomic E-state index is -0.0617. The SMILES string of the molecule is Cc1cc(-c2ccc(Nc3ccc(C4CCOC4)c(CN(C)C)n3)c3c2CNC3=O)ccn1. The number of anilines is 2. The van der Waals surface area contributed by atoms with Crippen LogP contribution in [0.15, 0.2) is 42.6 Å². The molecule has 2 aromatic heterocycles. The van der Waals surface area contributed by atoms with Crippen LogP contribution in [0.1, 0.15) is 45.2 Å². The number of hydrogen-bond donors (Lipinski definition) is 2. The number of carbonyl (C=O) groups is 1. The van der Waals surface area contributed by atoms with Gasteiger partial charge in [0.25, 0.3) is 5.91 Å². The van der Waals surface area contributed by atoms with Crippen molar-refractivity contribution >= 4 is 17.4 Å². The zero-order valence-electron chi connectivity index (χ0n) is 19.3. The summed E-state index contributed by atoms with van der Waals surface area (Å²) in [5.41, 5.74) is 7.83. The van der Waals surface area contributed by atoms with Gasteiger partial charge < -0.3 is 20.3 Å². The molecule has 0 saturated carbocycles. The van der Waals surface area contributed by atoms with Gasteiger partial charge in [-0.05, 0) is 74.0 Å². The largest absolute Gasteiger partial charge is 0.381 e. The van der Waals surface area contributed by atoms with E-state index in [1.165, 1.54) is 5.56 Å². The molecule has 0 aliphatic carbocycles. The number of fused-ring (bicyclic) bond motifs is 1. The molecule has 1 amide bonds. The van der Waals surface area contributed by atoms with Crippen molar-refractivity contribution in [3.63, 3.8) is 0 Å². The Balaban J connectivity index is 1.50. The third-order valence-electron chi connectivity index (χ3n) is 6.28. The molecule has 0 spiro atoms. The standard InChI is InChI=1S/C26H29N5O2/c1-16-12-17(8-10-27-16)19-4-6-22(25-21(19)13-28-26(25)32)29-24-7-5-20(18-9-11-33-15-18)23(30-24)14-31(2)3/h4-8,10,12,18H,9,11,13-15H2,1-3H3,(H,28,32)(H,29,30). The van der Waals surface area contributed by atoms with Crippen molar-refractivity contribution in [3.05, 3.63) is 70.7 Å². The molecule has 7 heteroatoms. The molecule has 2 N–H and O–H groups in total. The number of ether oxygens (including phenoxy) is 1. The molecule has 3 aromatic rings. The van der Waals surface area contributed by atoms with Gasteiger partial charge in [-0.15, -0.1) is 0 Å². The second-order valence-electron chi connectivity index (χ2n) is 9.04. The van der Waals surface area contributed by atoms with E-state index in [9.17, 15) is 4.79 Å². The number of rotatable bonds is 6. The Morgan fingerprint density at radius 2 is 2.09 bits per heavy atom. The van der Waals surface area contributed by atoms with Crippen LogP contribution in [0.2, 0.25) is 0 Å². The lowest BCUT2D eigenvalue weighted by molar-refractivity contribution is 0.0966. The summed E-state index contributed by atoms with van der Waals surface area (Å²) >= 11 is 0. The Bertz CT molecular complexity index is 1200. The summed E-state index contributed by atoms with van der Waals surface area (Å²) in [6.07, 6.45) is 2.83. The number of nitrogens with one attached hydrogen (secondary N) is 2. The smallest absolute Gasteiger partial charge is 0.254 e. The van der Waals surface area contributed by atoms with E-state index in [0.717, 1.165) is 65.8 Å². The molecule has 1 unspecified atom stereocenters. The maximum absolute atomic E-state index is 12.8. The van der Waals surface area contributed by atoms with E-state index in [1.807, 2.05) is 45.3 Å². The maximum atomic E-state index is 12.8. The molecule has 5 rings (SSSR count). The van der Waals surface area contributed by atoms with Crippen LogP contribution in [-0.2, 0) is 17.8 Å². The number of hydrogen-bond acceptors (Lipinski definition) is 6. The average molecular weight is 444 g/mol. The van der Waals surface area contributed by atoms with Gasteiger partial charge in [0, 0.05) is 37.5 Å². The van der Waals surface area contributed by atoms with Gasteiger partial charge in [0.2, 0.25) is 0 Å². The van der Waals surface area contributed by atoms with E-state index in [2.05, 4.69) is 32.7 Å². The predicted octanol–water partition coefficient (Wildman–Crippen LogP) is 4.00. The van der Waals surface area contributed by atoms with Gasteiger partial charge in [0.05, 0.1) is 23.6 Å². The van der Waals surface area contributed by atoms with Crippen molar-refractivity contribution in [2.45, 2.75) is 32.4 Å². The van der Waals surface area contributed by atoms with Gasteiger partial charge in [0.15, 0.2) is 0 Å². The topological polar surface area (TPSA) is 79.4 Å². The van der Waals surface area contributed by atoms with Gasteiger partial charge in [0.1, 0.15) is 5.82 Å². The number of aryl methyl sites for hydroxylation is 1. The minimum Gasteiger partial charge on any atom is -0.381 e. The van der Waals surface area contributed by atoms with Crippen LogP contribution in [0.25, 0.3) is 11.1 Å². The Morgan fingerprint density at radius 3 is 2.85 bits per heavy atom. The first-order chi connectivity index (χ1) is 16.0. The highest BCUT2D eigenvalue weighted by Crippen LogP contribution is 2.36. The zero-order chi connectivity index (χ0) is 22.9. The van der Waals surface area contributed by atoms with Crippen molar-refractivity contribution in [3.8, 4) is 11.1 Å². The molecule has 1 fully saturated rings. The monoisotopic (exact) mass is 443 g/mol. The Kier molecular flexibility index (Phi) is 5.83. The molecule has 1 aromatic carbocycles. The molecule has 0 bridgehead atoms. The van der Waals surface area contributed by atoms with Crippen molar-refractivity contribution in [1.29, 1.82) is 0 Å². The molecule has 1 atom stereocenters. The van der Waals surface area contributed by atoms with Gasteiger partial charge in [-0.2, -0.15) is 0 Å². The average Bonchev–Trinajstić information content (AvgIpc) is 3.45. The summed E-state index contributed by atoms with van der Waals surface area (Å²) in [5.74, 6) is 1.07. The number of aromatic nitrogens is 2. The molecule has 7 nitrogen and oxygen atoms in total. The highest BCUT2D eigenvalue weighted by atomic mass is 16.5. The Hall–Kier alpha value is -3.29. The molecule has 1 saturated heterocycles. The minimum absolute atomic E-state index is 0.0617. The van der Waals surface area contributed by atoms with Gasteiger partial charge >= 0.3 is 0 Å². The molecule has 4 heterocycles. The lowest BCUT2D eigenvalue weighted by atomic mass is 9.95. The Labute approximate surface area is 194 Å². The molecule has 170 valence electrons. The van der Waals surface area contributed by atoms with E-state index >= 15 is 0 Å². The van der Waals surface area contributed by atoms with Crippen LogP contribution in [-0.4, -0.2) is 48.1 Å². The molecule has 33 heavy (non-hydrogen) atoms. The molecular weight excluding hydrogens is 414 g/mol. The van der Waals surface area contributed by atoms with Crippen LogP contribution in [0.4, 0.5) is 11.5 Å². The number of benzene rings is 1. The number of amides is 1. The van der Waals surface area contributed by atoms with Gasteiger partial charge in [-0.3, -0.25) is 9.78 Å². The quantitative estimate of drug-likeness (QED) is 0.599. The van der Waals surface area contributed by atoms with Crippen molar-refractivity contribution in [2.24, 2.45) is 0 Å². The van der Waals surface area contributed by atoms with Gasteiger partial charge in [-0.25, -0.2) is 4.98 Å². The molecular formula is C26H29N5O2. The van der Waals surface area contributed by atoms with Crippen molar-refractivity contribution < 1.29 is 9.53 Å². The van der Waals surface area contributed by atoms with E-state index < -0.39 is 0 Å². The van der Waals surface area contributed by atoms with E-state index in [-0.39, 0.29) is 5.91 Å². The predicted molar refractivity (Wildman–Crippen MR) is 129 cm³/mol. The van der Waals surface area contributed by atoms with Gasteiger partial charge in [-0.1, -0.05) is 12.1 Å². The molecule has 2 aliphatic heterocycles. The van der Waals surface area contributed by atoms with Crippen LogP contribution in [0.5, 0.6) is 0 Å². The van der Waals surface area contributed by atoms with E-state index in [4.69, 9.17) is 9.72 Å². The lowest BCUT2D eigenvalue weighted by Gasteiger charge is -2.19. The van der Waals surface area contributed by atoms with Crippen LogP contribution < -0.4 is 10.6 Å². The first-order valence-electron chi connectivity index (χ1n) is 11.4. The summed E-state index contributed by atoms with van der Waals surface area (Å²) in [5, 5.41) is 6.41. The van der Waals surface area contributed by atoms with Crippen molar-refractivity contribution in [1.82, 2.24) is 20.2 Å². The summed E-state index contributed by atoms with van der Waals surface area (Å²) < 4.78 is 5.61. The maximum Gasteiger partial charge on any atom is 0.254 e. The molecule has 0 radical (unpaired) electrons. The lowest BCUT2D eigenvalue weighted by Crippen LogP contribution is -2.16. The number of carbonyl (C=O) groups excluding carboxylic acids is 1. The summed E-state index contributed by atoms with van der Waals surface area (Å²) in [4.78, 5) is 24.1. The van der Waals surface area contributed by atoms with E-state index in [1.54, 1.807) is 6.20 Å². The normalized spacial score (nSPS) is 17.3. The first kappa shape index (κ1) is 21.6. The third kappa shape index (κ3) is 4.34. The van der Waals surface area contributed by atoms with Crippen LogP contribution in [0, 0.1) is 6.92 Å². The Morgan fingerprint density at radius 1 is 1.21 bits per heavy atom. The van der Waals surface area contributed by atoms with E-state index in [0.29, 0.717) is 18.0 Å². The summed E-state index contributed by atoms with van der Waals surface area (Å²) in [7, 11) is 4.10. The first-order valence-corrected chi connectivity index (χ1v) is 11.4. The summed E-state index contributed by atoms with van der Waals surface area (Å²) in [6.45, 7) is 4.79. The van der Waals surface area contributed by atoms with Crippen LogP contribution in [0.3, 0.4) is 0 Å². The van der Waals surface area contributed by atoms with Crippen molar-refractivity contribution in [2.75, 3.05) is 32.6 Å². The third-order valence-corrected chi connectivity index (χ3v) is 6.28. The fourth-order valence-electron chi connectivity index (χ4n) is 4.73. The fourth-order valence-corrected chi connectivity index (χ4v) is 4.73. The summed E-state index contributed by atoms with van der Waals surface area (Å²) in [6, 6.07) is 12.2. The highest BCUT2D eigenvalue weighted by Gasteiger charge is 2.27. The zero-order valence-corrected chi connectivity index (χ0v) is 19.3. The fraction of sp³-hybridized carbons (Fsp3) is 0.346. The number of nitrogens with zero attached hydrogens (tertiary/aromatic N) is 3. The molecule has 2 aliphatic rings.